The molecular formula is C55H72MgN4O5-2. The van der Waals surface area contributed by atoms with Crippen molar-refractivity contribution in [2.24, 2.45) is 35.5 Å². The average molecular weight is 894 g/mol. The minimum Gasteiger partial charge on any atom is -0.664 e. The van der Waals surface area contributed by atoms with Gasteiger partial charge in [0.25, 0.3) is 0 Å². The molecule has 6 rings (SSSR count). The van der Waals surface area contributed by atoms with Crippen molar-refractivity contribution in [3.8, 4) is 0 Å². The van der Waals surface area contributed by atoms with Gasteiger partial charge in [0.15, 0.2) is 5.78 Å². The maximum absolute atomic E-state index is 14.4. The number of Topliss-reactive ketones (excluding diaryl/α,β-unsaturated/α-hetero) is 1. The van der Waals surface area contributed by atoms with Crippen LogP contribution in [0.15, 0.2) is 29.6 Å². The summed E-state index contributed by atoms with van der Waals surface area (Å²) < 4.78 is 11.0. The summed E-state index contributed by atoms with van der Waals surface area (Å²) in [5, 5.41) is 6.83. The van der Waals surface area contributed by atoms with Gasteiger partial charge in [0.05, 0.1) is 7.11 Å². The number of ketones is 1. The fraction of sp³-hybridized carbons (Fsp3) is 0.545. The summed E-state index contributed by atoms with van der Waals surface area (Å²) in [6.45, 7) is 26.0. The van der Waals surface area contributed by atoms with E-state index in [-0.39, 0.29) is 59.7 Å². The van der Waals surface area contributed by atoms with E-state index in [4.69, 9.17) is 29.7 Å². The Hall–Kier alpha value is -4.28. The smallest absolute Gasteiger partial charge is 0.664 e. The van der Waals surface area contributed by atoms with Gasteiger partial charge in [-0.3, -0.25) is 14.4 Å². The first kappa shape index (κ1) is 51.7. The van der Waals surface area contributed by atoms with Crippen molar-refractivity contribution in [3.63, 3.8) is 0 Å². The SMILES string of the molecule is C=Cc1c2[n-]c(c1C)/C=C1\[N-]/C(=C3\c4[n-]c(c(C)c4C(=O)C3C(=O)OC)/C=c3\[n-]/c(c(C)c3CC)=C\2)C(CCC(=O)OC/C=C(\C)CCCC(C)CCCC(C)CCCC(C)C)C1C.[Mg+2]. The minimum absolute atomic E-state index is 0. The molecule has 5 unspecified atom stereocenters. The van der Waals surface area contributed by atoms with Gasteiger partial charge in [0, 0.05) is 12.0 Å². The molecule has 0 radical (unpaired) electrons. The van der Waals surface area contributed by atoms with E-state index >= 15 is 0 Å². The quantitative estimate of drug-likeness (QED) is 0.0475. The Morgan fingerprint density at radius 2 is 1.48 bits per heavy atom. The summed E-state index contributed by atoms with van der Waals surface area (Å²) >= 11 is 0. The molecule has 0 amide bonds. The molecule has 346 valence electrons. The first-order valence-electron chi connectivity index (χ1n) is 24.0. The van der Waals surface area contributed by atoms with Gasteiger partial charge in [-0.05, 0) is 94.6 Å². The Bertz CT molecular complexity index is 2450. The fourth-order valence-electron chi connectivity index (χ4n) is 10.1. The number of nitrogens with zero attached hydrogens (tertiary/aromatic N) is 4. The second-order valence-corrected chi connectivity index (χ2v) is 19.4. The van der Waals surface area contributed by atoms with E-state index in [0.29, 0.717) is 46.1 Å². The van der Waals surface area contributed by atoms with Crippen LogP contribution in [0.5, 0.6) is 0 Å². The molecule has 10 heteroatoms. The fourth-order valence-corrected chi connectivity index (χ4v) is 10.1. The number of aromatic nitrogens is 3. The Kier molecular flexibility index (Phi) is 18.3. The van der Waals surface area contributed by atoms with Gasteiger partial charge in [-0.2, -0.15) is 11.4 Å². The molecule has 8 bridgehead atoms. The van der Waals surface area contributed by atoms with E-state index in [1.807, 2.05) is 44.2 Å². The number of methoxy groups -OCH3 is 1. The maximum atomic E-state index is 14.4. The standard InChI is InChI=1S/C55H73N4O5.Mg/c1-13-39-35(8)42-28-44-37(10)41(24-25-48(60)64-27-26-34(7)23-17-22-33(6)21-16-20-32(5)19-15-18-31(3)4)52(58-44)50-51(55(62)63-12)54(61)49-38(11)45(59-53(49)50)30-47-40(14-2)36(9)43(57-47)29-46(39)56-42;/h13,26,28-33,37,41,51H,1,14-25,27H2,2-12H3,(H-,58,59,61);/q-3;+2/p-1/b34-26+,43-29-,44-28-,47-30-;. The number of hydrogen-bond acceptors (Lipinski definition) is 5. The van der Waals surface area contributed by atoms with Gasteiger partial charge in [-0.15, -0.1) is 33.5 Å². The van der Waals surface area contributed by atoms with Crippen LogP contribution in [0.2, 0.25) is 0 Å². The molecule has 1 aliphatic carbocycles. The molecule has 3 aromatic heterocycles. The third-order valence-corrected chi connectivity index (χ3v) is 14.2. The van der Waals surface area contributed by atoms with Crippen LogP contribution in [-0.4, -0.2) is 54.5 Å². The molecule has 5 atom stereocenters. The Balaban J connectivity index is 0.00000793. The molecule has 0 spiro atoms. The molecule has 1 saturated heterocycles. The van der Waals surface area contributed by atoms with Crippen LogP contribution in [0, 0.1) is 56.3 Å². The number of rotatable bonds is 20. The predicted molar refractivity (Wildman–Crippen MR) is 265 cm³/mol. The van der Waals surface area contributed by atoms with Crippen LogP contribution >= 0.6 is 0 Å². The van der Waals surface area contributed by atoms with Crippen LogP contribution in [0.25, 0.3) is 35.2 Å². The molecule has 9 nitrogen and oxygen atoms in total. The van der Waals surface area contributed by atoms with E-state index in [2.05, 4.69) is 62.0 Å². The van der Waals surface area contributed by atoms with E-state index in [1.165, 1.54) is 57.6 Å². The second kappa shape index (κ2) is 22.9. The molecule has 0 N–H and O–H groups in total. The molecule has 1 fully saturated rings. The minimum atomic E-state index is -1.22. The van der Waals surface area contributed by atoms with Crippen LogP contribution < -0.4 is 25.7 Å². The van der Waals surface area contributed by atoms with Gasteiger partial charge < -0.3 is 29.7 Å². The average Bonchev–Trinajstić information content (AvgIpc) is 3.99. The third kappa shape index (κ3) is 11.6. The number of carbonyl (C=O) groups is 3. The van der Waals surface area contributed by atoms with Gasteiger partial charge in [-0.25, -0.2) is 0 Å². The van der Waals surface area contributed by atoms with Crippen molar-refractivity contribution >= 4 is 70.7 Å². The summed E-state index contributed by atoms with van der Waals surface area (Å²) in [5.41, 5.74) is 10.7. The van der Waals surface area contributed by atoms with E-state index < -0.39 is 11.9 Å². The van der Waals surface area contributed by atoms with Crippen molar-refractivity contribution < 1.29 is 23.9 Å². The zero-order chi connectivity index (χ0) is 46.4. The summed E-state index contributed by atoms with van der Waals surface area (Å²) in [4.78, 5) is 56.6. The summed E-state index contributed by atoms with van der Waals surface area (Å²) in [7, 11) is 1.30. The van der Waals surface area contributed by atoms with Crippen molar-refractivity contribution in [2.45, 2.75) is 146 Å². The van der Waals surface area contributed by atoms with Crippen molar-refractivity contribution in [1.29, 1.82) is 0 Å². The molecule has 0 aromatic carbocycles. The topological polar surface area (TPSA) is 126 Å². The second-order valence-electron chi connectivity index (χ2n) is 19.4. The molecule has 3 aliphatic rings. The Morgan fingerprint density at radius 3 is 2.12 bits per heavy atom. The largest absolute Gasteiger partial charge is 2.00 e. The van der Waals surface area contributed by atoms with Crippen molar-refractivity contribution in [2.75, 3.05) is 13.7 Å². The first-order valence-corrected chi connectivity index (χ1v) is 24.0. The van der Waals surface area contributed by atoms with Crippen molar-refractivity contribution in [3.05, 3.63) is 102 Å². The van der Waals surface area contributed by atoms with E-state index in [0.717, 1.165) is 81.1 Å². The molecule has 5 heterocycles. The number of ether oxygens (including phenoxy) is 2. The third-order valence-electron chi connectivity index (χ3n) is 14.2. The zero-order valence-electron chi connectivity index (χ0n) is 41.3. The van der Waals surface area contributed by atoms with Gasteiger partial charge >= 0.3 is 35.0 Å². The summed E-state index contributed by atoms with van der Waals surface area (Å²) in [6.07, 6.45) is 22.4. The number of carbonyl (C=O) groups excluding carboxylic acids is 3. The maximum Gasteiger partial charge on any atom is 2.00 e. The number of fused-ring (bicyclic) bond motifs is 7. The zero-order valence-corrected chi connectivity index (χ0v) is 42.7. The first-order chi connectivity index (χ1) is 30.6. The van der Waals surface area contributed by atoms with Crippen LogP contribution in [-0.2, 0) is 25.5 Å². The number of esters is 2. The number of hydrogen-bond donors (Lipinski definition) is 0. The van der Waals surface area contributed by atoms with Crippen molar-refractivity contribution in [1.82, 2.24) is 15.0 Å². The summed E-state index contributed by atoms with van der Waals surface area (Å²) in [6, 6.07) is 0. The van der Waals surface area contributed by atoms with Crippen LogP contribution in [0.3, 0.4) is 0 Å². The Labute approximate surface area is 404 Å². The molecule has 65 heavy (non-hydrogen) atoms. The van der Waals surface area contributed by atoms with Gasteiger partial charge in [0.2, 0.25) is 0 Å². The Morgan fingerprint density at radius 1 is 0.831 bits per heavy atom. The van der Waals surface area contributed by atoms with Gasteiger partial charge in [-0.1, -0.05) is 151 Å². The molecule has 0 saturated carbocycles. The number of allylic oxidation sites excluding steroid dienone is 3. The van der Waals surface area contributed by atoms with E-state index in [9.17, 15) is 14.4 Å². The molecular weight excluding hydrogens is 821 g/mol. The normalized spacial score (nSPS) is 21.7. The van der Waals surface area contributed by atoms with E-state index in [1.54, 1.807) is 0 Å². The predicted octanol–water partition coefficient (Wildman–Crippen LogP) is 10.4. The van der Waals surface area contributed by atoms with Crippen LogP contribution in [0.4, 0.5) is 0 Å². The molecule has 2 aliphatic heterocycles. The van der Waals surface area contributed by atoms with Gasteiger partial charge in [0.1, 0.15) is 12.5 Å². The summed E-state index contributed by atoms with van der Waals surface area (Å²) in [5.74, 6) is -0.711. The van der Waals surface area contributed by atoms with Crippen LogP contribution in [0.1, 0.15) is 180 Å². The molecule has 3 aromatic rings. The monoisotopic (exact) mass is 893 g/mol.